The minimum Gasteiger partial charge on any atom is -0.339 e. The van der Waals surface area contributed by atoms with E-state index in [2.05, 4.69) is 26.1 Å². The highest BCUT2D eigenvalue weighted by molar-refractivity contribution is 6.06. The first-order valence-corrected chi connectivity index (χ1v) is 10.2. The first-order valence-electron chi connectivity index (χ1n) is 10.2. The van der Waals surface area contributed by atoms with Gasteiger partial charge < -0.3 is 10.2 Å². The second-order valence-electron chi connectivity index (χ2n) is 9.09. The number of aryl methyl sites for hydroxylation is 1. The fraction of sp³-hybridized carbons (Fsp3) is 0.667. The van der Waals surface area contributed by atoms with Crippen molar-refractivity contribution in [1.29, 1.82) is 0 Å². The van der Waals surface area contributed by atoms with E-state index in [1.54, 1.807) is 0 Å². The average molecular weight is 442 g/mol. The minimum absolute atomic E-state index is 0. The van der Waals surface area contributed by atoms with Gasteiger partial charge in [-0.05, 0) is 66.5 Å². The van der Waals surface area contributed by atoms with Crippen molar-refractivity contribution in [2.75, 3.05) is 20.1 Å². The van der Waals surface area contributed by atoms with Crippen LogP contribution in [0.15, 0.2) is 6.07 Å². The quantitative estimate of drug-likeness (QED) is 0.780. The first kappa shape index (κ1) is 23.9. The van der Waals surface area contributed by atoms with Crippen LogP contribution < -0.4 is 5.32 Å². The van der Waals surface area contributed by atoms with Gasteiger partial charge in [0, 0.05) is 30.7 Å². The molecule has 29 heavy (non-hydrogen) atoms. The Morgan fingerprint density at radius 3 is 2.28 bits per heavy atom. The number of pyridine rings is 1. The third-order valence-electron chi connectivity index (χ3n) is 5.88. The van der Waals surface area contributed by atoms with Gasteiger partial charge in [-0.25, -0.2) is 9.67 Å². The van der Waals surface area contributed by atoms with Crippen LogP contribution in [0.2, 0.25) is 0 Å². The summed E-state index contributed by atoms with van der Waals surface area (Å²) in [6.45, 7) is 10.0. The van der Waals surface area contributed by atoms with Gasteiger partial charge in [0.2, 0.25) is 0 Å². The SMILES string of the molecule is CNC1CCN(C(=O)c2cc(C3CC3)nc3c2c(C)nn3C(C)(C)C)CC1.Cl.Cl. The van der Waals surface area contributed by atoms with Crippen LogP contribution in [0.5, 0.6) is 0 Å². The molecular formula is C21H33Cl2N5O. The molecule has 8 heteroatoms. The largest absolute Gasteiger partial charge is 0.339 e. The molecule has 0 bridgehead atoms. The lowest BCUT2D eigenvalue weighted by atomic mass is 10.0. The van der Waals surface area contributed by atoms with Crippen LogP contribution in [-0.2, 0) is 5.54 Å². The number of hydrogen-bond acceptors (Lipinski definition) is 4. The molecule has 2 aliphatic rings. The van der Waals surface area contributed by atoms with Gasteiger partial charge in [-0.2, -0.15) is 5.10 Å². The lowest BCUT2D eigenvalue weighted by Crippen LogP contribution is -2.44. The van der Waals surface area contributed by atoms with Gasteiger partial charge in [0.05, 0.1) is 22.2 Å². The number of nitrogens with one attached hydrogen (secondary N) is 1. The third-order valence-corrected chi connectivity index (χ3v) is 5.88. The second kappa shape index (κ2) is 8.78. The maximum atomic E-state index is 13.5. The summed E-state index contributed by atoms with van der Waals surface area (Å²) >= 11 is 0. The Bertz CT molecular complexity index is 877. The molecule has 0 atom stereocenters. The minimum atomic E-state index is -0.173. The van der Waals surface area contributed by atoms with Crippen molar-refractivity contribution in [1.82, 2.24) is 25.0 Å². The number of fused-ring (bicyclic) bond motifs is 1. The maximum absolute atomic E-state index is 13.5. The van der Waals surface area contributed by atoms with Crippen molar-refractivity contribution < 1.29 is 4.79 Å². The van der Waals surface area contributed by atoms with Crippen molar-refractivity contribution in [3.05, 3.63) is 23.0 Å². The maximum Gasteiger partial charge on any atom is 0.254 e. The van der Waals surface area contributed by atoms with E-state index in [0.717, 1.165) is 53.9 Å². The summed E-state index contributed by atoms with van der Waals surface area (Å²) < 4.78 is 1.99. The zero-order valence-corrected chi connectivity index (χ0v) is 19.6. The van der Waals surface area contributed by atoms with Crippen LogP contribution in [0, 0.1) is 6.92 Å². The summed E-state index contributed by atoms with van der Waals surface area (Å²) in [6, 6.07) is 2.56. The van der Waals surface area contributed by atoms with E-state index in [4.69, 9.17) is 10.1 Å². The Morgan fingerprint density at radius 1 is 1.14 bits per heavy atom. The Kier molecular flexibility index (Phi) is 7.24. The summed E-state index contributed by atoms with van der Waals surface area (Å²) in [7, 11) is 2.00. The molecule has 3 heterocycles. The van der Waals surface area contributed by atoms with Gasteiger partial charge in [0.15, 0.2) is 5.65 Å². The molecule has 2 aromatic rings. The van der Waals surface area contributed by atoms with Gasteiger partial charge in [-0.3, -0.25) is 4.79 Å². The molecule has 2 fully saturated rings. The number of likely N-dealkylation sites (tertiary alicyclic amines) is 1. The number of carbonyl (C=O) groups excluding carboxylic acids is 1. The standard InChI is InChI=1S/C21H31N5O.2ClH/c1-13-18-16(20(27)25-10-8-15(22-5)9-11-25)12-17(14-6-7-14)23-19(18)26(24-13)21(2,3)4;;/h12,14-15,22H,6-11H2,1-5H3;2*1H. The topological polar surface area (TPSA) is 63.1 Å². The average Bonchev–Trinajstić information content (AvgIpc) is 3.43. The van der Waals surface area contributed by atoms with Crippen molar-refractivity contribution >= 4 is 41.8 Å². The number of piperidine rings is 1. The highest BCUT2D eigenvalue weighted by Crippen LogP contribution is 2.41. The number of hydrogen-bond donors (Lipinski definition) is 1. The van der Waals surface area contributed by atoms with Crippen LogP contribution in [0.4, 0.5) is 0 Å². The third kappa shape index (κ3) is 4.54. The summed E-state index contributed by atoms with van der Waals surface area (Å²) in [5.74, 6) is 0.634. The van der Waals surface area contributed by atoms with E-state index in [1.165, 1.54) is 12.8 Å². The Hall–Kier alpha value is -1.37. The summed E-state index contributed by atoms with van der Waals surface area (Å²) in [6.07, 6.45) is 4.35. The van der Waals surface area contributed by atoms with Crippen LogP contribution in [0.3, 0.4) is 0 Å². The monoisotopic (exact) mass is 441 g/mol. The van der Waals surface area contributed by atoms with E-state index in [0.29, 0.717) is 12.0 Å². The predicted molar refractivity (Wildman–Crippen MR) is 122 cm³/mol. The molecule has 0 radical (unpaired) electrons. The molecule has 1 saturated heterocycles. The molecule has 1 aliphatic carbocycles. The lowest BCUT2D eigenvalue weighted by molar-refractivity contribution is 0.0709. The zero-order valence-electron chi connectivity index (χ0n) is 18.0. The van der Waals surface area contributed by atoms with Crippen LogP contribution in [0.25, 0.3) is 11.0 Å². The number of carbonyl (C=O) groups is 1. The van der Waals surface area contributed by atoms with E-state index in [9.17, 15) is 4.79 Å². The summed E-state index contributed by atoms with van der Waals surface area (Å²) in [5.41, 5.74) is 3.42. The normalized spacial score (nSPS) is 17.8. The number of aromatic nitrogens is 3. The Balaban J connectivity index is 0.00000150. The lowest BCUT2D eigenvalue weighted by Gasteiger charge is -2.32. The fourth-order valence-electron chi connectivity index (χ4n) is 4.07. The highest BCUT2D eigenvalue weighted by atomic mass is 35.5. The van der Waals surface area contributed by atoms with E-state index >= 15 is 0 Å². The van der Waals surface area contributed by atoms with Crippen LogP contribution in [-0.4, -0.2) is 51.8 Å². The van der Waals surface area contributed by atoms with Crippen LogP contribution in [0.1, 0.15) is 74.1 Å². The molecule has 0 spiro atoms. The Labute approximate surface area is 185 Å². The van der Waals surface area contributed by atoms with Gasteiger partial charge >= 0.3 is 0 Å². The molecule has 2 aromatic heterocycles. The molecule has 6 nitrogen and oxygen atoms in total. The van der Waals surface area contributed by atoms with Crippen molar-refractivity contribution in [3.63, 3.8) is 0 Å². The first-order chi connectivity index (χ1) is 12.8. The van der Waals surface area contributed by atoms with Crippen molar-refractivity contribution in [2.24, 2.45) is 0 Å². The van der Waals surface area contributed by atoms with Gasteiger partial charge in [0.25, 0.3) is 5.91 Å². The van der Waals surface area contributed by atoms with Gasteiger partial charge in [-0.1, -0.05) is 0 Å². The molecule has 162 valence electrons. The van der Waals surface area contributed by atoms with Crippen molar-refractivity contribution in [3.8, 4) is 0 Å². The molecule has 4 rings (SSSR count). The number of halogens is 2. The molecule has 1 aliphatic heterocycles. The van der Waals surface area contributed by atoms with Gasteiger partial charge in [0.1, 0.15) is 0 Å². The second-order valence-corrected chi connectivity index (χ2v) is 9.09. The van der Waals surface area contributed by atoms with E-state index < -0.39 is 0 Å². The van der Waals surface area contributed by atoms with E-state index in [-0.39, 0.29) is 36.3 Å². The predicted octanol–water partition coefficient (Wildman–Crippen LogP) is 4.04. The molecule has 0 aromatic carbocycles. The van der Waals surface area contributed by atoms with Crippen molar-refractivity contribution in [2.45, 2.75) is 70.9 Å². The number of rotatable bonds is 3. The smallest absolute Gasteiger partial charge is 0.254 e. The van der Waals surface area contributed by atoms with Gasteiger partial charge in [-0.15, -0.1) is 24.8 Å². The Morgan fingerprint density at radius 2 is 1.76 bits per heavy atom. The van der Waals surface area contributed by atoms with Crippen LogP contribution >= 0.6 is 24.8 Å². The number of amides is 1. The highest BCUT2D eigenvalue weighted by Gasteiger charge is 2.32. The fourth-order valence-corrected chi connectivity index (χ4v) is 4.07. The number of nitrogens with zero attached hydrogens (tertiary/aromatic N) is 4. The molecular weight excluding hydrogens is 409 g/mol. The zero-order chi connectivity index (χ0) is 19.3. The molecule has 0 unspecified atom stereocenters. The summed E-state index contributed by atoms with van der Waals surface area (Å²) in [5, 5.41) is 9.03. The summed E-state index contributed by atoms with van der Waals surface area (Å²) in [4.78, 5) is 20.4. The molecule has 1 N–H and O–H groups in total. The molecule has 1 saturated carbocycles. The molecule has 1 amide bonds. The van der Waals surface area contributed by atoms with E-state index in [1.807, 2.05) is 29.6 Å².